The predicted molar refractivity (Wildman–Crippen MR) is 69.8 cm³/mol. The quantitative estimate of drug-likeness (QED) is 0.763. The Kier molecular flexibility index (Phi) is 4.20. The molecule has 0 N–H and O–H groups in total. The summed E-state index contributed by atoms with van der Waals surface area (Å²) in [6, 6.07) is 8.40. The Morgan fingerprint density at radius 1 is 1.56 bits per heavy atom. The number of carbonyl (C=O) groups is 1. The fraction of sp³-hybridized carbons (Fsp3) is 0.500. The van der Waals surface area contributed by atoms with E-state index in [1.54, 1.807) is 0 Å². The van der Waals surface area contributed by atoms with Gasteiger partial charge in [0.1, 0.15) is 0 Å². The van der Waals surface area contributed by atoms with E-state index in [1.807, 2.05) is 0 Å². The van der Waals surface area contributed by atoms with E-state index < -0.39 is 6.10 Å². The minimum absolute atomic E-state index is 0.300. The van der Waals surface area contributed by atoms with E-state index in [1.165, 1.54) is 12.7 Å². The summed E-state index contributed by atoms with van der Waals surface area (Å²) in [4.78, 5) is 13.7. The van der Waals surface area contributed by atoms with Crippen molar-refractivity contribution < 1.29 is 14.3 Å². The molecule has 18 heavy (non-hydrogen) atoms. The number of morpholine rings is 1. The lowest BCUT2D eigenvalue weighted by Crippen LogP contribution is -2.46. The summed E-state index contributed by atoms with van der Waals surface area (Å²) in [5.41, 5.74) is 2.44. The Hall–Kier alpha value is -1.55. The maximum atomic E-state index is 11.5. The first-order valence-corrected chi connectivity index (χ1v) is 6.28. The average molecular weight is 249 g/mol. The number of ether oxygens (including phenoxy) is 2. The fourth-order valence-electron chi connectivity index (χ4n) is 2.13. The number of methoxy groups -OCH3 is 1. The van der Waals surface area contributed by atoms with Gasteiger partial charge in [-0.2, -0.15) is 0 Å². The molecule has 1 heterocycles. The molecule has 2 rings (SSSR count). The van der Waals surface area contributed by atoms with Gasteiger partial charge in [-0.15, -0.1) is 0 Å². The standard InChI is InChI=1S/C14H19NO3/c1-3-11-5-4-6-12(9-11)15-7-8-18-13(10-15)14(16)17-2/h4-6,9,13H,3,7-8,10H2,1-2H3. The molecule has 1 unspecified atom stereocenters. The van der Waals surface area contributed by atoms with Gasteiger partial charge in [-0.05, 0) is 24.1 Å². The van der Waals surface area contributed by atoms with E-state index in [-0.39, 0.29) is 5.97 Å². The Labute approximate surface area is 107 Å². The molecule has 1 aromatic carbocycles. The van der Waals surface area contributed by atoms with Crippen LogP contribution in [-0.2, 0) is 20.7 Å². The Balaban J connectivity index is 2.10. The summed E-state index contributed by atoms with van der Waals surface area (Å²) in [6.45, 7) is 4.05. The average Bonchev–Trinajstić information content (AvgIpc) is 2.46. The minimum Gasteiger partial charge on any atom is -0.467 e. The summed E-state index contributed by atoms with van der Waals surface area (Å²) in [7, 11) is 1.39. The molecule has 0 aromatic heterocycles. The zero-order valence-electron chi connectivity index (χ0n) is 10.9. The molecule has 1 aliphatic heterocycles. The SMILES string of the molecule is CCc1cccc(N2CCOC(C(=O)OC)C2)c1. The van der Waals surface area contributed by atoms with Crippen LogP contribution in [0.15, 0.2) is 24.3 Å². The summed E-state index contributed by atoms with van der Waals surface area (Å²) in [6.07, 6.45) is 0.535. The van der Waals surface area contributed by atoms with Crippen molar-refractivity contribution in [1.29, 1.82) is 0 Å². The molecular formula is C14H19NO3. The van der Waals surface area contributed by atoms with E-state index in [0.29, 0.717) is 13.2 Å². The molecule has 0 amide bonds. The third kappa shape index (κ3) is 2.82. The van der Waals surface area contributed by atoms with Crippen molar-refractivity contribution in [2.24, 2.45) is 0 Å². The van der Waals surface area contributed by atoms with Gasteiger partial charge in [0.15, 0.2) is 6.10 Å². The molecule has 1 saturated heterocycles. The van der Waals surface area contributed by atoms with E-state index in [0.717, 1.165) is 18.7 Å². The van der Waals surface area contributed by atoms with Crippen LogP contribution in [0.5, 0.6) is 0 Å². The van der Waals surface area contributed by atoms with Crippen molar-refractivity contribution in [3.63, 3.8) is 0 Å². The van der Waals surface area contributed by atoms with Crippen LogP contribution >= 0.6 is 0 Å². The smallest absolute Gasteiger partial charge is 0.336 e. The number of hydrogen-bond donors (Lipinski definition) is 0. The van der Waals surface area contributed by atoms with E-state index in [4.69, 9.17) is 9.47 Å². The topological polar surface area (TPSA) is 38.8 Å². The number of rotatable bonds is 3. The maximum absolute atomic E-state index is 11.5. The lowest BCUT2D eigenvalue weighted by Gasteiger charge is -2.33. The van der Waals surface area contributed by atoms with Gasteiger partial charge in [-0.3, -0.25) is 0 Å². The van der Waals surface area contributed by atoms with Gasteiger partial charge in [0.25, 0.3) is 0 Å². The molecule has 0 bridgehead atoms. The summed E-state index contributed by atoms with van der Waals surface area (Å²) >= 11 is 0. The highest BCUT2D eigenvalue weighted by Crippen LogP contribution is 2.19. The lowest BCUT2D eigenvalue weighted by molar-refractivity contribution is -0.154. The molecule has 1 aromatic rings. The van der Waals surface area contributed by atoms with Gasteiger partial charge in [-0.25, -0.2) is 4.79 Å². The Morgan fingerprint density at radius 3 is 3.11 bits per heavy atom. The maximum Gasteiger partial charge on any atom is 0.336 e. The van der Waals surface area contributed by atoms with Crippen LogP contribution in [0.25, 0.3) is 0 Å². The summed E-state index contributed by atoms with van der Waals surface area (Å²) in [5, 5.41) is 0. The highest BCUT2D eigenvalue weighted by molar-refractivity contribution is 5.75. The zero-order chi connectivity index (χ0) is 13.0. The van der Waals surface area contributed by atoms with Crippen molar-refractivity contribution in [3.05, 3.63) is 29.8 Å². The van der Waals surface area contributed by atoms with E-state index in [9.17, 15) is 4.79 Å². The second-order valence-electron chi connectivity index (χ2n) is 4.35. The van der Waals surface area contributed by atoms with Crippen molar-refractivity contribution >= 4 is 11.7 Å². The van der Waals surface area contributed by atoms with Gasteiger partial charge < -0.3 is 14.4 Å². The highest BCUT2D eigenvalue weighted by Gasteiger charge is 2.27. The third-order valence-electron chi connectivity index (χ3n) is 3.21. The number of esters is 1. The van der Waals surface area contributed by atoms with E-state index in [2.05, 4.69) is 36.1 Å². The first-order valence-electron chi connectivity index (χ1n) is 6.28. The first kappa shape index (κ1) is 12.9. The molecule has 1 atom stereocenters. The summed E-state index contributed by atoms with van der Waals surface area (Å²) in [5.74, 6) is -0.300. The fourth-order valence-corrected chi connectivity index (χ4v) is 2.13. The number of hydrogen-bond acceptors (Lipinski definition) is 4. The van der Waals surface area contributed by atoms with Gasteiger partial charge >= 0.3 is 5.97 Å². The summed E-state index contributed by atoms with van der Waals surface area (Å²) < 4.78 is 10.2. The van der Waals surface area contributed by atoms with Gasteiger partial charge in [0, 0.05) is 12.2 Å². The van der Waals surface area contributed by atoms with Crippen molar-refractivity contribution in [1.82, 2.24) is 0 Å². The first-order chi connectivity index (χ1) is 8.74. The zero-order valence-corrected chi connectivity index (χ0v) is 10.9. The molecule has 98 valence electrons. The third-order valence-corrected chi connectivity index (χ3v) is 3.21. The second kappa shape index (κ2) is 5.87. The van der Waals surface area contributed by atoms with Crippen molar-refractivity contribution in [2.75, 3.05) is 31.7 Å². The van der Waals surface area contributed by atoms with Crippen molar-refractivity contribution in [2.45, 2.75) is 19.4 Å². The van der Waals surface area contributed by atoms with Gasteiger partial charge in [0.2, 0.25) is 0 Å². The molecule has 4 heteroatoms. The largest absolute Gasteiger partial charge is 0.467 e. The molecule has 0 spiro atoms. The van der Waals surface area contributed by atoms with Crippen LogP contribution in [0.4, 0.5) is 5.69 Å². The van der Waals surface area contributed by atoms with Gasteiger partial charge in [-0.1, -0.05) is 19.1 Å². The molecule has 0 radical (unpaired) electrons. The normalized spacial score (nSPS) is 19.7. The Morgan fingerprint density at radius 2 is 2.39 bits per heavy atom. The predicted octanol–water partition coefficient (Wildman–Crippen LogP) is 1.63. The highest BCUT2D eigenvalue weighted by atomic mass is 16.6. The van der Waals surface area contributed by atoms with Crippen molar-refractivity contribution in [3.8, 4) is 0 Å². The number of benzene rings is 1. The monoisotopic (exact) mass is 249 g/mol. The number of aryl methyl sites for hydroxylation is 1. The lowest BCUT2D eigenvalue weighted by atomic mass is 10.1. The molecule has 1 aliphatic rings. The minimum atomic E-state index is -0.478. The molecule has 0 aliphatic carbocycles. The number of nitrogens with zero attached hydrogens (tertiary/aromatic N) is 1. The van der Waals surface area contributed by atoms with Crippen LogP contribution in [-0.4, -0.2) is 38.9 Å². The van der Waals surface area contributed by atoms with Crippen LogP contribution < -0.4 is 4.90 Å². The Bertz CT molecular complexity index is 419. The van der Waals surface area contributed by atoms with Crippen LogP contribution in [0.2, 0.25) is 0 Å². The van der Waals surface area contributed by atoms with Crippen LogP contribution in [0, 0.1) is 0 Å². The van der Waals surface area contributed by atoms with E-state index >= 15 is 0 Å². The second-order valence-corrected chi connectivity index (χ2v) is 4.35. The molecule has 1 fully saturated rings. The van der Waals surface area contributed by atoms with Crippen LogP contribution in [0.3, 0.4) is 0 Å². The number of anilines is 1. The molecule has 4 nitrogen and oxygen atoms in total. The van der Waals surface area contributed by atoms with Gasteiger partial charge in [0.05, 0.1) is 20.3 Å². The number of carbonyl (C=O) groups excluding carboxylic acids is 1. The molecule has 0 saturated carbocycles. The molecular weight excluding hydrogens is 230 g/mol. The van der Waals surface area contributed by atoms with Crippen LogP contribution in [0.1, 0.15) is 12.5 Å².